The SMILES string of the molecule is Cc1cc(N(C)C)cc(C=O)c1-c1c(C)cc(N(C)C)cc1C=O. The summed E-state index contributed by atoms with van der Waals surface area (Å²) in [6.07, 6.45) is 1.73. The average Bonchev–Trinajstić information content (AvgIpc) is 2.53. The predicted molar refractivity (Wildman–Crippen MR) is 101 cm³/mol. The first kappa shape index (κ1) is 17.7. The van der Waals surface area contributed by atoms with Crippen LogP contribution in [0.2, 0.25) is 0 Å². The second-order valence-electron chi connectivity index (χ2n) is 6.48. The summed E-state index contributed by atoms with van der Waals surface area (Å²) in [6.45, 7) is 3.95. The van der Waals surface area contributed by atoms with Gasteiger partial charge >= 0.3 is 0 Å². The zero-order chi connectivity index (χ0) is 18.0. The van der Waals surface area contributed by atoms with Crippen LogP contribution >= 0.6 is 0 Å². The number of rotatable bonds is 5. The summed E-state index contributed by atoms with van der Waals surface area (Å²) in [7, 11) is 7.77. The van der Waals surface area contributed by atoms with Gasteiger partial charge in [0.25, 0.3) is 0 Å². The summed E-state index contributed by atoms with van der Waals surface area (Å²) in [5.74, 6) is 0. The van der Waals surface area contributed by atoms with E-state index in [9.17, 15) is 9.59 Å². The Kier molecular flexibility index (Phi) is 5.07. The molecule has 2 aromatic rings. The molecule has 0 unspecified atom stereocenters. The van der Waals surface area contributed by atoms with E-state index < -0.39 is 0 Å². The normalized spacial score (nSPS) is 10.4. The Hall–Kier alpha value is -2.62. The van der Waals surface area contributed by atoms with Crippen LogP contribution in [-0.2, 0) is 0 Å². The van der Waals surface area contributed by atoms with Crippen molar-refractivity contribution in [2.24, 2.45) is 0 Å². The highest BCUT2D eigenvalue weighted by Gasteiger charge is 2.17. The zero-order valence-corrected chi connectivity index (χ0v) is 15.2. The Morgan fingerprint density at radius 1 is 0.667 bits per heavy atom. The molecule has 0 aromatic heterocycles. The summed E-state index contributed by atoms with van der Waals surface area (Å²) in [5.41, 5.74) is 6.76. The van der Waals surface area contributed by atoms with Crippen molar-refractivity contribution in [2.75, 3.05) is 38.0 Å². The third-order valence-electron chi connectivity index (χ3n) is 4.24. The Morgan fingerprint density at radius 3 is 1.25 bits per heavy atom. The van der Waals surface area contributed by atoms with Gasteiger partial charge in [-0.3, -0.25) is 9.59 Å². The van der Waals surface area contributed by atoms with Gasteiger partial charge in [0.15, 0.2) is 12.6 Å². The maximum Gasteiger partial charge on any atom is 0.150 e. The molecule has 0 heterocycles. The Morgan fingerprint density at radius 2 is 1.00 bits per heavy atom. The van der Waals surface area contributed by atoms with Crippen LogP contribution in [0.5, 0.6) is 0 Å². The van der Waals surface area contributed by atoms with Gasteiger partial charge in [-0.25, -0.2) is 0 Å². The van der Waals surface area contributed by atoms with Crippen LogP contribution in [0.25, 0.3) is 11.1 Å². The maximum atomic E-state index is 11.7. The molecule has 24 heavy (non-hydrogen) atoms. The second-order valence-corrected chi connectivity index (χ2v) is 6.48. The third-order valence-corrected chi connectivity index (χ3v) is 4.24. The molecule has 0 aliphatic heterocycles. The van der Waals surface area contributed by atoms with Gasteiger partial charge < -0.3 is 9.80 Å². The lowest BCUT2D eigenvalue weighted by Gasteiger charge is -2.21. The molecule has 2 aromatic carbocycles. The van der Waals surface area contributed by atoms with E-state index in [1.807, 2.05) is 76.1 Å². The van der Waals surface area contributed by atoms with Gasteiger partial charge in [-0.1, -0.05) is 0 Å². The van der Waals surface area contributed by atoms with Gasteiger partial charge in [0.05, 0.1) is 0 Å². The minimum Gasteiger partial charge on any atom is -0.378 e. The van der Waals surface area contributed by atoms with Crippen molar-refractivity contribution < 1.29 is 9.59 Å². The molecule has 0 saturated carbocycles. The highest BCUT2D eigenvalue weighted by molar-refractivity contribution is 5.98. The van der Waals surface area contributed by atoms with E-state index in [1.165, 1.54) is 0 Å². The van der Waals surface area contributed by atoms with Crippen molar-refractivity contribution in [3.05, 3.63) is 46.5 Å². The van der Waals surface area contributed by atoms with Crippen molar-refractivity contribution in [3.63, 3.8) is 0 Å². The van der Waals surface area contributed by atoms with Gasteiger partial charge in [-0.05, 0) is 60.4 Å². The minimum atomic E-state index is 0.600. The topological polar surface area (TPSA) is 40.6 Å². The van der Waals surface area contributed by atoms with Crippen molar-refractivity contribution >= 4 is 23.9 Å². The molecule has 0 aliphatic rings. The fourth-order valence-electron chi connectivity index (χ4n) is 2.97. The highest BCUT2D eigenvalue weighted by Crippen LogP contribution is 2.36. The van der Waals surface area contributed by atoms with Crippen LogP contribution in [-0.4, -0.2) is 40.8 Å². The Bertz CT molecular complexity index is 725. The van der Waals surface area contributed by atoms with Crippen molar-refractivity contribution in [3.8, 4) is 11.1 Å². The lowest BCUT2D eigenvalue weighted by Crippen LogP contribution is -2.11. The Balaban J connectivity index is 2.81. The van der Waals surface area contributed by atoms with E-state index in [-0.39, 0.29) is 0 Å². The smallest absolute Gasteiger partial charge is 0.150 e. The van der Waals surface area contributed by atoms with E-state index in [0.29, 0.717) is 11.1 Å². The molecule has 0 atom stereocenters. The summed E-state index contributed by atoms with van der Waals surface area (Å²) >= 11 is 0. The lowest BCUT2D eigenvalue weighted by atomic mass is 9.88. The lowest BCUT2D eigenvalue weighted by molar-refractivity contribution is 0.111. The maximum absolute atomic E-state index is 11.7. The molecule has 0 fully saturated rings. The van der Waals surface area contributed by atoms with Crippen molar-refractivity contribution in [2.45, 2.75) is 13.8 Å². The first-order chi connectivity index (χ1) is 11.3. The Labute approximate surface area is 143 Å². The number of hydrogen-bond donors (Lipinski definition) is 0. The number of benzene rings is 2. The van der Waals surface area contributed by atoms with E-state index in [4.69, 9.17) is 0 Å². The van der Waals surface area contributed by atoms with E-state index in [1.54, 1.807) is 0 Å². The quantitative estimate of drug-likeness (QED) is 0.786. The van der Waals surface area contributed by atoms with Crippen LogP contribution in [0, 0.1) is 13.8 Å². The predicted octanol–water partition coefficient (Wildman–Crippen LogP) is 3.73. The molecule has 0 spiro atoms. The van der Waals surface area contributed by atoms with Gasteiger partial charge in [-0.15, -0.1) is 0 Å². The molecule has 2 rings (SSSR count). The summed E-state index contributed by atoms with van der Waals surface area (Å²) < 4.78 is 0. The fraction of sp³-hybridized carbons (Fsp3) is 0.300. The standard InChI is InChI=1S/C20H24N2O2/c1-13-7-17(21(3)4)9-15(11-23)19(13)20-14(2)8-18(22(5)6)10-16(20)12-24/h7-12H,1-6H3. The zero-order valence-electron chi connectivity index (χ0n) is 15.2. The number of carbonyl (C=O) groups excluding carboxylic acids is 2. The number of aryl methyl sites for hydroxylation is 2. The molecule has 0 radical (unpaired) electrons. The summed E-state index contributed by atoms with van der Waals surface area (Å²) in [5, 5.41) is 0. The third kappa shape index (κ3) is 3.18. The minimum absolute atomic E-state index is 0.600. The van der Waals surface area contributed by atoms with Crippen molar-refractivity contribution in [1.82, 2.24) is 0 Å². The monoisotopic (exact) mass is 324 g/mol. The van der Waals surface area contributed by atoms with E-state index >= 15 is 0 Å². The molecule has 126 valence electrons. The molecular formula is C20H24N2O2. The van der Waals surface area contributed by atoms with Crippen LogP contribution in [0.3, 0.4) is 0 Å². The molecule has 0 N–H and O–H groups in total. The number of aldehydes is 2. The van der Waals surface area contributed by atoms with E-state index in [0.717, 1.165) is 46.2 Å². The highest BCUT2D eigenvalue weighted by atomic mass is 16.1. The van der Waals surface area contributed by atoms with Crippen LogP contribution in [0.1, 0.15) is 31.8 Å². The van der Waals surface area contributed by atoms with Crippen LogP contribution in [0.15, 0.2) is 24.3 Å². The van der Waals surface area contributed by atoms with Gasteiger partial charge in [0.1, 0.15) is 0 Å². The molecule has 0 saturated heterocycles. The summed E-state index contributed by atoms with van der Waals surface area (Å²) in [4.78, 5) is 27.3. The molecular weight excluding hydrogens is 300 g/mol. The molecule has 0 amide bonds. The molecule has 4 heteroatoms. The summed E-state index contributed by atoms with van der Waals surface area (Å²) in [6, 6.07) is 7.80. The molecule has 0 bridgehead atoms. The molecule has 4 nitrogen and oxygen atoms in total. The van der Waals surface area contributed by atoms with E-state index in [2.05, 4.69) is 0 Å². The number of nitrogens with zero attached hydrogens (tertiary/aromatic N) is 2. The second kappa shape index (κ2) is 6.87. The molecule has 0 aliphatic carbocycles. The van der Waals surface area contributed by atoms with Gasteiger partial charge in [0.2, 0.25) is 0 Å². The van der Waals surface area contributed by atoms with Crippen molar-refractivity contribution in [1.29, 1.82) is 0 Å². The van der Waals surface area contributed by atoms with Crippen LogP contribution in [0.4, 0.5) is 11.4 Å². The number of hydrogen-bond acceptors (Lipinski definition) is 4. The average molecular weight is 324 g/mol. The van der Waals surface area contributed by atoms with Gasteiger partial charge in [-0.2, -0.15) is 0 Å². The first-order valence-corrected chi connectivity index (χ1v) is 7.84. The van der Waals surface area contributed by atoms with Crippen LogP contribution < -0.4 is 9.80 Å². The largest absolute Gasteiger partial charge is 0.378 e. The first-order valence-electron chi connectivity index (χ1n) is 7.84. The number of carbonyl (C=O) groups is 2. The van der Waals surface area contributed by atoms with Gasteiger partial charge in [0, 0.05) is 50.7 Å². The number of anilines is 2. The fourth-order valence-corrected chi connectivity index (χ4v) is 2.97.